The molecule has 0 saturated heterocycles. The van der Waals surface area contributed by atoms with Gasteiger partial charge < -0.3 is 10.4 Å². The van der Waals surface area contributed by atoms with Crippen LogP contribution >= 0.6 is 0 Å². The first-order valence-electron chi connectivity index (χ1n) is 6.03. The number of hydrogen-bond acceptors (Lipinski definition) is 2. The smallest absolute Gasteiger partial charge is 0.220 e. The van der Waals surface area contributed by atoms with Crippen LogP contribution in [-0.4, -0.2) is 23.7 Å². The molecule has 0 heterocycles. The molecule has 3 nitrogen and oxygen atoms in total. The van der Waals surface area contributed by atoms with E-state index in [1.54, 1.807) is 0 Å². The lowest BCUT2D eigenvalue weighted by Gasteiger charge is -2.25. The van der Waals surface area contributed by atoms with Gasteiger partial charge in [-0.15, -0.1) is 0 Å². The zero-order chi connectivity index (χ0) is 11.3. The largest absolute Gasteiger partial charge is 0.396 e. The third-order valence-corrected chi connectivity index (χ3v) is 3.53. The molecule has 2 N–H and O–H groups in total. The summed E-state index contributed by atoms with van der Waals surface area (Å²) in [5.74, 6) is 1.06. The Morgan fingerprint density at radius 2 is 2.13 bits per heavy atom. The first kappa shape index (κ1) is 12.5. The minimum absolute atomic E-state index is 0.0730. The maximum absolute atomic E-state index is 11.5. The van der Waals surface area contributed by atoms with Crippen LogP contribution in [0.5, 0.6) is 0 Å². The Balaban J connectivity index is 2.11. The summed E-state index contributed by atoms with van der Waals surface area (Å²) in [7, 11) is 0. The van der Waals surface area contributed by atoms with Gasteiger partial charge in [0.2, 0.25) is 5.91 Å². The summed E-state index contributed by atoms with van der Waals surface area (Å²) in [6.07, 6.45) is 5.62. The molecule has 0 aliphatic heterocycles. The maximum Gasteiger partial charge on any atom is 0.220 e. The number of amides is 1. The van der Waals surface area contributed by atoms with E-state index >= 15 is 0 Å². The Morgan fingerprint density at radius 3 is 2.60 bits per heavy atom. The molecule has 88 valence electrons. The van der Waals surface area contributed by atoms with E-state index in [0.717, 1.165) is 12.3 Å². The summed E-state index contributed by atoms with van der Waals surface area (Å²) in [6, 6.07) is 0.0730. The van der Waals surface area contributed by atoms with Crippen molar-refractivity contribution >= 4 is 5.91 Å². The highest BCUT2D eigenvalue weighted by Crippen LogP contribution is 2.30. The highest BCUT2D eigenvalue weighted by molar-refractivity contribution is 5.76. The first-order chi connectivity index (χ1) is 7.13. The van der Waals surface area contributed by atoms with Crippen molar-refractivity contribution in [3.63, 3.8) is 0 Å². The summed E-state index contributed by atoms with van der Waals surface area (Å²) in [4.78, 5) is 11.5. The molecular formula is C12H23NO2. The standard InChI is InChI=1S/C12H23NO2/c1-9(8-14)10(2)13-12(15)7-6-11-4-3-5-11/h9-11,14H,3-8H2,1-2H3,(H,13,15). The highest BCUT2D eigenvalue weighted by Gasteiger charge is 2.19. The molecule has 2 atom stereocenters. The van der Waals surface area contributed by atoms with Crippen molar-refractivity contribution in [2.24, 2.45) is 11.8 Å². The topological polar surface area (TPSA) is 49.3 Å². The van der Waals surface area contributed by atoms with Gasteiger partial charge in [0.1, 0.15) is 0 Å². The molecule has 1 aliphatic rings. The minimum Gasteiger partial charge on any atom is -0.396 e. The van der Waals surface area contributed by atoms with Gasteiger partial charge in [0.05, 0.1) is 0 Å². The van der Waals surface area contributed by atoms with Gasteiger partial charge in [-0.05, 0) is 25.2 Å². The Bertz CT molecular complexity index is 202. The number of rotatable bonds is 6. The molecule has 2 unspecified atom stereocenters. The highest BCUT2D eigenvalue weighted by atomic mass is 16.3. The van der Waals surface area contributed by atoms with Crippen LogP contribution in [0.25, 0.3) is 0 Å². The fourth-order valence-corrected chi connectivity index (χ4v) is 1.74. The molecule has 1 rings (SSSR count). The van der Waals surface area contributed by atoms with Gasteiger partial charge in [0.15, 0.2) is 0 Å². The van der Waals surface area contributed by atoms with Gasteiger partial charge >= 0.3 is 0 Å². The fraction of sp³-hybridized carbons (Fsp3) is 0.917. The second-order valence-corrected chi connectivity index (χ2v) is 4.85. The van der Waals surface area contributed by atoms with Gasteiger partial charge in [0, 0.05) is 19.1 Å². The molecular weight excluding hydrogens is 190 g/mol. The number of aliphatic hydroxyl groups excluding tert-OH is 1. The third-order valence-electron chi connectivity index (χ3n) is 3.53. The van der Waals surface area contributed by atoms with Crippen molar-refractivity contribution < 1.29 is 9.90 Å². The summed E-state index contributed by atoms with van der Waals surface area (Å²) >= 11 is 0. The molecule has 3 heteroatoms. The van der Waals surface area contributed by atoms with E-state index in [4.69, 9.17) is 5.11 Å². The molecule has 1 amide bonds. The predicted molar refractivity (Wildman–Crippen MR) is 60.4 cm³/mol. The Kier molecular flexibility index (Phi) is 5.09. The second-order valence-electron chi connectivity index (χ2n) is 4.85. The van der Waals surface area contributed by atoms with Gasteiger partial charge in [0.25, 0.3) is 0 Å². The van der Waals surface area contributed by atoms with Crippen LogP contribution in [0.2, 0.25) is 0 Å². The lowest BCUT2D eigenvalue weighted by molar-refractivity contribution is -0.122. The van der Waals surface area contributed by atoms with Crippen LogP contribution in [0, 0.1) is 11.8 Å². The molecule has 1 aliphatic carbocycles. The lowest BCUT2D eigenvalue weighted by Crippen LogP contribution is -2.38. The molecule has 0 bridgehead atoms. The van der Waals surface area contributed by atoms with Crippen LogP contribution in [0.4, 0.5) is 0 Å². The summed E-state index contributed by atoms with van der Waals surface area (Å²) in [6.45, 7) is 4.02. The van der Waals surface area contributed by atoms with Crippen molar-refractivity contribution in [3.05, 3.63) is 0 Å². The van der Waals surface area contributed by atoms with Crippen LogP contribution < -0.4 is 5.32 Å². The zero-order valence-corrected chi connectivity index (χ0v) is 9.83. The van der Waals surface area contributed by atoms with Crippen LogP contribution in [0.15, 0.2) is 0 Å². The van der Waals surface area contributed by atoms with Crippen molar-refractivity contribution in [2.45, 2.75) is 52.0 Å². The molecule has 0 radical (unpaired) electrons. The molecule has 0 aromatic carbocycles. The second kappa shape index (κ2) is 6.11. The first-order valence-corrected chi connectivity index (χ1v) is 6.03. The van der Waals surface area contributed by atoms with Gasteiger partial charge in [-0.2, -0.15) is 0 Å². The van der Waals surface area contributed by atoms with Crippen LogP contribution in [-0.2, 0) is 4.79 Å². The number of carbonyl (C=O) groups is 1. The average molecular weight is 213 g/mol. The van der Waals surface area contributed by atoms with E-state index in [2.05, 4.69) is 5.32 Å². The fourth-order valence-electron chi connectivity index (χ4n) is 1.74. The molecule has 15 heavy (non-hydrogen) atoms. The monoisotopic (exact) mass is 213 g/mol. The molecule has 0 spiro atoms. The normalized spacial score (nSPS) is 20.5. The van der Waals surface area contributed by atoms with Crippen molar-refractivity contribution in [1.82, 2.24) is 5.32 Å². The molecule has 1 saturated carbocycles. The van der Waals surface area contributed by atoms with E-state index < -0.39 is 0 Å². The molecule has 0 aromatic rings. The van der Waals surface area contributed by atoms with E-state index in [1.165, 1.54) is 19.3 Å². The van der Waals surface area contributed by atoms with Crippen molar-refractivity contribution in [3.8, 4) is 0 Å². The van der Waals surface area contributed by atoms with Gasteiger partial charge in [-0.1, -0.05) is 26.2 Å². The summed E-state index contributed by atoms with van der Waals surface area (Å²) in [5, 5.41) is 11.9. The van der Waals surface area contributed by atoms with Gasteiger partial charge in [-0.3, -0.25) is 4.79 Å². The average Bonchev–Trinajstić information content (AvgIpc) is 2.14. The number of aliphatic hydroxyl groups is 1. The Hall–Kier alpha value is -0.570. The third kappa shape index (κ3) is 4.20. The van der Waals surface area contributed by atoms with Crippen molar-refractivity contribution in [1.29, 1.82) is 0 Å². The molecule has 0 aromatic heterocycles. The van der Waals surface area contributed by atoms with E-state index in [9.17, 15) is 4.79 Å². The van der Waals surface area contributed by atoms with Crippen LogP contribution in [0.1, 0.15) is 46.0 Å². The van der Waals surface area contributed by atoms with E-state index in [-0.39, 0.29) is 24.5 Å². The Labute approximate surface area is 92.3 Å². The molecule has 1 fully saturated rings. The summed E-state index contributed by atoms with van der Waals surface area (Å²) in [5.41, 5.74) is 0. The predicted octanol–water partition coefficient (Wildman–Crippen LogP) is 1.70. The quantitative estimate of drug-likeness (QED) is 0.705. The zero-order valence-electron chi connectivity index (χ0n) is 9.83. The number of hydrogen-bond donors (Lipinski definition) is 2. The maximum atomic E-state index is 11.5. The van der Waals surface area contributed by atoms with E-state index in [0.29, 0.717) is 6.42 Å². The SMILES string of the molecule is CC(CO)C(C)NC(=O)CCC1CCC1. The minimum atomic E-state index is 0.0730. The van der Waals surface area contributed by atoms with E-state index in [1.807, 2.05) is 13.8 Å². The van der Waals surface area contributed by atoms with Crippen molar-refractivity contribution in [2.75, 3.05) is 6.61 Å². The number of carbonyl (C=O) groups excluding carboxylic acids is 1. The Morgan fingerprint density at radius 1 is 1.47 bits per heavy atom. The van der Waals surface area contributed by atoms with Crippen LogP contribution in [0.3, 0.4) is 0 Å². The number of nitrogens with one attached hydrogen (secondary N) is 1. The van der Waals surface area contributed by atoms with Gasteiger partial charge in [-0.25, -0.2) is 0 Å². The summed E-state index contributed by atoms with van der Waals surface area (Å²) < 4.78 is 0. The lowest BCUT2D eigenvalue weighted by atomic mass is 9.82.